The molecule has 96 valence electrons. The highest BCUT2D eigenvalue weighted by Gasteiger charge is 2.39. The quantitative estimate of drug-likeness (QED) is 0.781. The molecule has 0 bridgehead atoms. The Hall–Kier alpha value is -0.220. The van der Waals surface area contributed by atoms with Crippen LogP contribution in [0.3, 0.4) is 0 Å². The summed E-state index contributed by atoms with van der Waals surface area (Å²) < 4.78 is 5.45. The minimum Gasteiger partial charge on any atom is -0.381 e. The van der Waals surface area contributed by atoms with Crippen LogP contribution in [0.1, 0.15) is 45.4 Å². The molecule has 0 amide bonds. The first-order valence-corrected chi connectivity index (χ1v) is 7.77. The predicted octanol–water partition coefficient (Wildman–Crippen LogP) is 2.56. The van der Waals surface area contributed by atoms with E-state index in [2.05, 4.69) is 12.2 Å². The second-order valence-corrected chi connectivity index (χ2v) is 6.90. The first kappa shape index (κ1) is 11.8. The summed E-state index contributed by atoms with van der Waals surface area (Å²) >= 11 is 1.92. The van der Waals surface area contributed by atoms with Gasteiger partial charge in [-0.3, -0.25) is 4.99 Å². The van der Waals surface area contributed by atoms with Crippen LogP contribution < -0.4 is 5.32 Å². The molecule has 17 heavy (non-hydrogen) atoms. The van der Waals surface area contributed by atoms with Crippen molar-refractivity contribution >= 4 is 16.9 Å². The first-order valence-electron chi connectivity index (χ1n) is 6.79. The summed E-state index contributed by atoms with van der Waals surface area (Å²) in [4.78, 5) is 4.98. The van der Waals surface area contributed by atoms with Crippen LogP contribution in [0.25, 0.3) is 0 Å². The van der Waals surface area contributed by atoms with E-state index in [0.717, 1.165) is 31.8 Å². The van der Waals surface area contributed by atoms with E-state index in [1.54, 1.807) is 0 Å². The lowest BCUT2D eigenvalue weighted by atomic mass is 9.93. The molecule has 3 rings (SSSR count). The highest BCUT2D eigenvalue weighted by atomic mass is 32.2. The number of amidine groups is 1. The topological polar surface area (TPSA) is 33.6 Å². The van der Waals surface area contributed by atoms with Gasteiger partial charge in [0.25, 0.3) is 0 Å². The molecular formula is C13H22N2OS. The van der Waals surface area contributed by atoms with Crippen LogP contribution >= 0.6 is 11.8 Å². The molecule has 1 spiro atoms. The van der Waals surface area contributed by atoms with Crippen LogP contribution in [0.5, 0.6) is 0 Å². The molecule has 3 aliphatic rings. The van der Waals surface area contributed by atoms with Gasteiger partial charge in [0.05, 0.1) is 5.54 Å². The van der Waals surface area contributed by atoms with E-state index in [-0.39, 0.29) is 5.54 Å². The summed E-state index contributed by atoms with van der Waals surface area (Å²) in [6.07, 6.45) is 7.51. The molecule has 0 aromatic heterocycles. The Bertz CT molecular complexity index is 317. The van der Waals surface area contributed by atoms with Crippen molar-refractivity contribution in [2.24, 2.45) is 4.99 Å². The van der Waals surface area contributed by atoms with Gasteiger partial charge in [-0.15, -0.1) is 0 Å². The second-order valence-electron chi connectivity index (χ2n) is 5.94. The molecule has 4 heteroatoms. The maximum atomic E-state index is 5.45. The average Bonchev–Trinajstić information content (AvgIpc) is 2.89. The molecule has 2 aliphatic heterocycles. The minimum absolute atomic E-state index is 0.195. The van der Waals surface area contributed by atoms with E-state index in [9.17, 15) is 0 Å². The van der Waals surface area contributed by atoms with E-state index >= 15 is 0 Å². The van der Waals surface area contributed by atoms with Crippen molar-refractivity contribution in [2.45, 2.75) is 56.5 Å². The van der Waals surface area contributed by atoms with Crippen molar-refractivity contribution in [3.05, 3.63) is 0 Å². The molecule has 1 aliphatic carbocycles. The van der Waals surface area contributed by atoms with Crippen molar-refractivity contribution < 1.29 is 4.74 Å². The van der Waals surface area contributed by atoms with Crippen molar-refractivity contribution in [3.8, 4) is 0 Å². The Morgan fingerprint density at radius 3 is 2.59 bits per heavy atom. The van der Waals surface area contributed by atoms with Crippen LogP contribution in [0.2, 0.25) is 0 Å². The Labute approximate surface area is 108 Å². The fourth-order valence-corrected chi connectivity index (χ4v) is 4.43. The van der Waals surface area contributed by atoms with Gasteiger partial charge in [-0.1, -0.05) is 24.6 Å². The van der Waals surface area contributed by atoms with Crippen LogP contribution in [0.15, 0.2) is 4.99 Å². The number of rotatable bonds is 1. The number of aliphatic imine (C=N–C) groups is 1. The van der Waals surface area contributed by atoms with Gasteiger partial charge in [0, 0.05) is 24.5 Å². The molecule has 0 atom stereocenters. The number of hydrogen-bond donors (Lipinski definition) is 1. The van der Waals surface area contributed by atoms with Crippen LogP contribution in [0.4, 0.5) is 0 Å². The molecule has 1 saturated heterocycles. The summed E-state index contributed by atoms with van der Waals surface area (Å²) in [5.74, 6) is 1.15. The zero-order valence-corrected chi connectivity index (χ0v) is 11.4. The molecule has 0 unspecified atom stereocenters. The van der Waals surface area contributed by atoms with E-state index in [1.807, 2.05) is 11.8 Å². The molecule has 1 saturated carbocycles. The van der Waals surface area contributed by atoms with Crippen LogP contribution in [-0.2, 0) is 4.74 Å². The van der Waals surface area contributed by atoms with Crippen molar-refractivity contribution in [1.29, 1.82) is 0 Å². The molecule has 3 nitrogen and oxygen atoms in total. The standard InChI is InChI=1S/C13H22N2OS/c1-12(4-2-3-5-12)14-11-15-13(10-17-11)6-8-16-9-7-13/h2-10H2,1H3,(H,14,15). The molecule has 2 fully saturated rings. The van der Waals surface area contributed by atoms with Gasteiger partial charge < -0.3 is 10.1 Å². The molecule has 1 N–H and O–H groups in total. The highest BCUT2D eigenvalue weighted by molar-refractivity contribution is 8.14. The molecule has 0 aromatic carbocycles. The van der Waals surface area contributed by atoms with Gasteiger partial charge in [0.2, 0.25) is 0 Å². The third-order valence-electron chi connectivity index (χ3n) is 4.36. The van der Waals surface area contributed by atoms with Gasteiger partial charge in [-0.2, -0.15) is 0 Å². The summed E-state index contributed by atoms with van der Waals surface area (Å²) in [5, 5.41) is 4.89. The zero-order valence-electron chi connectivity index (χ0n) is 10.6. The Kier molecular flexibility index (Phi) is 3.11. The van der Waals surface area contributed by atoms with Crippen LogP contribution in [-0.4, -0.2) is 35.2 Å². The highest BCUT2D eigenvalue weighted by Crippen LogP contribution is 2.37. The molecule has 0 aromatic rings. The number of ether oxygens (including phenoxy) is 1. The lowest BCUT2D eigenvalue weighted by Crippen LogP contribution is -2.42. The number of nitrogens with one attached hydrogen (secondary N) is 1. The van der Waals surface area contributed by atoms with Gasteiger partial charge >= 0.3 is 0 Å². The lowest BCUT2D eigenvalue weighted by molar-refractivity contribution is 0.0623. The SMILES string of the molecule is CC1(NC2=NC3(CCOCC3)CS2)CCCC1. The lowest BCUT2D eigenvalue weighted by Gasteiger charge is -2.29. The Morgan fingerprint density at radius 2 is 1.88 bits per heavy atom. The monoisotopic (exact) mass is 254 g/mol. The third kappa shape index (κ3) is 2.48. The van der Waals surface area contributed by atoms with Gasteiger partial charge in [0.1, 0.15) is 0 Å². The summed E-state index contributed by atoms with van der Waals surface area (Å²) in [6, 6.07) is 0. The predicted molar refractivity (Wildman–Crippen MR) is 72.7 cm³/mol. The minimum atomic E-state index is 0.195. The number of hydrogen-bond acceptors (Lipinski definition) is 4. The maximum Gasteiger partial charge on any atom is 0.157 e. The number of thioether (sulfide) groups is 1. The molecule has 0 radical (unpaired) electrons. The van der Waals surface area contributed by atoms with Crippen molar-refractivity contribution in [1.82, 2.24) is 5.32 Å². The smallest absolute Gasteiger partial charge is 0.157 e. The van der Waals surface area contributed by atoms with E-state index in [1.165, 1.54) is 30.9 Å². The van der Waals surface area contributed by atoms with E-state index < -0.39 is 0 Å². The maximum absolute atomic E-state index is 5.45. The summed E-state index contributed by atoms with van der Waals surface area (Å²) in [6.45, 7) is 4.11. The zero-order chi connectivity index (χ0) is 11.8. The van der Waals surface area contributed by atoms with Crippen molar-refractivity contribution in [2.75, 3.05) is 19.0 Å². The number of nitrogens with zero attached hydrogens (tertiary/aromatic N) is 1. The van der Waals surface area contributed by atoms with E-state index in [0.29, 0.717) is 5.54 Å². The van der Waals surface area contributed by atoms with Gasteiger partial charge in [0.15, 0.2) is 5.17 Å². The normalized spacial score (nSPS) is 30.5. The van der Waals surface area contributed by atoms with Crippen molar-refractivity contribution in [3.63, 3.8) is 0 Å². The molecule has 2 heterocycles. The summed E-state index contributed by atoms with van der Waals surface area (Å²) in [5.41, 5.74) is 0.503. The fraction of sp³-hybridized carbons (Fsp3) is 0.923. The third-order valence-corrected chi connectivity index (χ3v) is 5.50. The second kappa shape index (κ2) is 4.47. The molecular weight excluding hydrogens is 232 g/mol. The van der Waals surface area contributed by atoms with Gasteiger partial charge in [-0.05, 0) is 32.6 Å². The van der Waals surface area contributed by atoms with Gasteiger partial charge in [-0.25, -0.2) is 0 Å². The Balaban J connectivity index is 1.66. The van der Waals surface area contributed by atoms with E-state index in [4.69, 9.17) is 9.73 Å². The largest absolute Gasteiger partial charge is 0.381 e. The summed E-state index contributed by atoms with van der Waals surface area (Å²) in [7, 11) is 0. The fourth-order valence-electron chi connectivity index (χ4n) is 3.09. The first-order chi connectivity index (χ1) is 8.20. The Morgan fingerprint density at radius 1 is 1.18 bits per heavy atom. The average molecular weight is 254 g/mol. The van der Waals surface area contributed by atoms with Crippen LogP contribution in [0, 0.1) is 0 Å².